The van der Waals surface area contributed by atoms with Crippen LogP contribution in [0.4, 0.5) is 4.39 Å². The minimum Gasteiger partial charge on any atom is -0.458 e. The van der Waals surface area contributed by atoms with Crippen molar-refractivity contribution in [1.82, 2.24) is 0 Å². The van der Waals surface area contributed by atoms with Gasteiger partial charge in [0.1, 0.15) is 5.60 Å². The Balaban J connectivity index is 1.92. The van der Waals surface area contributed by atoms with Crippen molar-refractivity contribution in [1.29, 1.82) is 0 Å². The molecule has 0 amide bonds. The van der Waals surface area contributed by atoms with Gasteiger partial charge in [-0.2, -0.15) is 0 Å². The summed E-state index contributed by atoms with van der Waals surface area (Å²) in [5, 5.41) is 0. The summed E-state index contributed by atoms with van der Waals surface area (Å²) in [5.74, 6) is -1.52. The average molecular weight is 579 g/mol. The quantitative estimate of drug-likeness (QED) is 0.204. The molecule has 0 aromatic heterocycles. The number of alkyl halides is 1. The number of carbonyl (C=O) groups is 3. The SMILES string of the molecule is CC(=O)OCC(=O)[C@@]1(O[Si](C)(C)C)[C@@H](C)C[C@H]2[C@@H]3CC=C4CC(=O)C=C[C@]4(C)[C@@]3(F)[C@@H](O[Si](C)(C)C)C[C@@]21C. The van der Waals surface area contributed by atoms with Gasteiger partial charge in [0.15, 0.2) is 34.7 Å². The molecule has 4 aliphatic carbocycles. The van der Waals surface area contributed by atoms with Crippen LogP contribution in [0, 0.1) is 28.6 Å². The standard InChI is InChI=1S/C30H47FO6Si2/c1-19-15-24-23-12-11-21-16-22(33)13-14-27(21,3)29(23,31)26(36-38(5,6)7)17-28(24,4)30(19,37-39(8,9)10)25(34)18-35-20(2)32/h11,13-14,19,23-24,26H,12,15-18H2,1-10H3/t19-,23-,24-,26-,27-,28-,29-,30-/m0/s1. The summed E-state index contributed by atoms with van der Waals surface area (Å²) in [5.41, 5.74) is -3.82. The number of halogens is 1. The van der Waals surface area contributed by atoms with Crippen LogP contribution in [0.3, 0.4) is 0 Å². The van der Waals surface area contributed by atoms with E-state index < -0.39 is 56.7 Å². The molecule has 2 fully saturated rings. The van der Waals surface area contributed by atoms with Crippen molar-refractivity contribution in [2.45, 2.75) is 110 Å². The summed E-state index contributed by atoms with van der Waals surface area (Å²) >= 11 is 0. The molecule has 39 heavy (non-hydrogen) atoms. The van der Waals surface area contributed by atoms with Crippen molar-refractivity contribution < 1.29 is 32.4 Å². The van der Waals surface area contributed by atoms with Gasteiger partial charge in [0.05, 0.1) is 6.10 Å². The number of rotatable bonds is 7. The van der Waals surface area contributed by atoms with Gasteiger partial charge in [0.2, 0.25) is 5.78 Å². The first-order valence-electron chi connectivity index (χ1n) is 14.4. The number of Topliss-reactive ketones (excluding diaryl/α,β-unsaturated/α-hetero) is 1. The fourth-order valence-corrected chi connectivity index (χ4v) is 11.2. The number of hydrogen-bond donors (Lipinski definition) is 0. The van der Waals surface area contributed by atoms with Crippen LogP contribution in [0.2, 0.25) is 39.3 Å². The maximum atomic E-state index is 18.3. The van der Waals surface area contributed by atoms with Gasteiger partial charge in [-0.05, 0) is 83.4 Å². The molecule has 0 unspecified atom stereocenters. The van der Waals surface area contributed by atoms with Crippen LogP contribution < -0.4 is 0 Å². The Morgan fingerprint density at radius 1 is 1.08 bits per heavy atom. The Morgan fingerprint density at radius 3 is 2.28 bits per heavy atom. The molecule has 0 saturated heterocycles. The predicted molar refractivity (Wildman–Crippen MR) is 154 cm³/mol. The van der Waals surface area contributed by atoms with E-state index in [1.165, 1.54) is 6.92 Å². The van der Waals surface area contributed by atoms with Gasteiger partial charge in [-0.25, -0.2) is 4.39 Å². The molecule has 0 N–H and O–H groups in total. The summed E-state index contributed by atoms with van der Waals surface area (Å²) < 4.78 is 37.3. The maximum Gasteiger partial charge on any atom is 0.303 e. The first-order chi connectivity index (χ1) is 17.7. The van der Waals surface area contributed by atoms with E-state index in [0.717, 1.165) is 5.57 Å². The maximum absolute atomic E-state index is 18.3. The van der Waals surface area contributed by atoms with Crippen molar-refractivity contribution in [3.63, 3.8) is 0 Å². The van der Waals surface area contributed by atoms with E-state index in [4.69, 9.17) is 13.6 Å². The zero-order valence-corrected chi connectivity index (χ0v) is 27.4. The van der Waals surface area contributed by atoms with Gasteiger partial charge in [-0.3, -0.25) is 14.4 Å². The zero-order chi connectivity index (χ0) is 29.4. The number of carbonyl (C=O) groups excluding carboxylic acids is 3. The van der Waals surface area contributed by atoms with Crippen LogP contribution in [0.25, 0.3) is 0 Å². The van der Waals surface area contributed by atoms with Crippen LogP contribution in [-0.4, -0.2) is 58.2 Å². The Bertz CT molecular complexity index is 1120. The highest BCUT2D eigenvalue weighted by atomic mass is 28.4. The van der Waals surface area contributed by atoms with Crippen molar-refractivity contribution in [3.8, 4) is 0 Å². The molecule has 0 aromatic carbocycles. The molecule has 0 aliphatic heterocycles. The van der Waals surface area contributed by atoms with Crippen molar-refractivity contribution in [2.75, 3.05) is 6.61 Å². The second-order valence-corrected chi connectivity index (χ2v) is 23.6. The molecule has 0 heterocycles. The molecule has 0 radical (unpaired) electrons. The second kappa shape index (κ2) is 9.56. The highest BCUT2D eigenvalue weighted by Crippen LogP contribution is 2.71. The molecule has 0 spiro atoms. The van der Waals surface area contributed by atoms with Crippen molar-refractivity contribution in [3.05, 3.63) is 23.8 Å². The first-order valence-corrected chi connectivity index (χ1v) is 21.2. The highest BCUT2D eigenvalue weighted by molar-refractivity contribution is 6.70. The third-order valence-electron chi connectivity index (χ3n) is 9.90. The molecular formula is C30H47FO6Si2. The number of ketones is 2. The van der Waals surface area contributed by atoms with Crippen LogP contribution in [0.1, 0.15) is 53.4 Å². The Morgan fingerprint density at radius 2 is 1.72 bits per heavy atom. The molecule has 4 rings (SSSR count). The fourth-order valence-electron chi connectivity index (χ4n) is 8.58. The minimum atomic E-state index is -2.31. The summed E-state index contributed by atoms with van der Waals surface area (Å²) in [7, 11) is -4.56. The first kappa shape index (κ1) is 30.5. The van der Waals surface area contributed by atoms with E-state index in [-0.39, 0.29) is 36.4 Å². The van der Waals surface area contributed by atoms with Crippen LogP contribution in [0.15, 0.2) is 23.8 Å². The van der Waals surface area contributed by atoms with E-state index in [1.54, 1.807) is 12.2 Å². The van der Waals surface area contributed by atoms with E-state index in [1.807, 2.05) is 13.8 Å². The zero-order valence-electron chi connectivity index (χ0n) is 25.4. The molecule has 6 nitrogen and oxygen atoms in total. The summed E-state index contributed by atoms with van der Waals surface area (Å²) in [6.07, 6.45) is 6.28. The van der Waals surface area contributed by atoms with Crippen LogP contribution in [-0.2, 0) is 28.0 Å². The third-order valence-corrected chi connectivity index (χ3v) is 11.8. The molecule has 4 aliphatic rings. The van der Waals surface area contributed by atoms with Crippen LogP contribution in [0.5, 0.6) is 0 Å². The molecule has 8 atom stereocenters. The Hall–Kier alpha value is -1.43. The van der Waals surface area contributed by atoms with Gasteiger partial charge in [-0.15, -0.1) is 0 Å². The molecular weight excluding hydrogens is 531 g/mol. The number of hydrogen-bond acceptors (Lipinski definition) is 6. The number of fused-ring (bicyclic) bond motifs is 5. The molecule has 0 aromatic rings. The Labute approximate surface area is 235 Å². The molecule has 2 saturated carbocycles. The summed E-state index contributed by atoms with van der Waals surface area (Å²) in [6, 6.07) is 0. The second-order valence-electron chi connectivity index (χ2n) is 14.8. The van der Waals surface area contributed by atoms with Crippen molar-refractivity contribution in [2.24, 2.45) is 28.6 Å². The van der Waals surface area contributed by atoms with Gasteiger partial charge in [0, 0.05) is 30.1 Å². The van der Waals surface area contributed by atoms with Crippen molar-refractivity contribution >= 4 is 34.2 Å². The van der Waals surface area contributed by atoms with Gasteiger partial charge >= 0.3 is 5.97 Å². The molecule has 9 heteroatoms. The van der Waals surface area contributed by atoms with Crippen LogP contribution >= 0.6 is 0 Å². The van der Waals surface area contributed by atoms with E-state index in [9.17, 15) is 14.4 Å². The third kappa shape index (κ3) is 4.69. The Kier molecular flexibility index (Phi) is 7.49. The molecule has 218 valence electrons. The summed E-state index contributed by atoms with van der Waals surface area (Å²) in [6.45, 7) is 19.4. The lowest BCUT2D eigenvalue weighted by Crippen LogP contribution is -2.71. The topological polar surface area (TPSA) is 78.9 Å². The van der Waals surface area contributed by atoms with E-state index in [2.05, 4.69) is 52.3 Å². The van der Waals surface area contributed by atoms with E-state index in [0.29, 0.717) is 19.3 Å². The van der Waals surface area contributed by atoms with Gasteiger partial charge < -0.3 is 13.6 Å². The predicted octanol–water partition coefficient (Wildman–Crippen LogP) is 6.18. The normalized spacial score (nSPS) is 41.8. The monoisotopic (exact) mass is 578 g/mol. The minimum absolute atomic E-state index is 0.00260. The van der Waals surface area contributed by atoms with E-state index >= 15 is 4.39 Å². The average Bonchev–Trinajstić information content (AvgIpc) is 2.99. The lowest BCUT2D eigenvalue weighted by molar-refractivity contribution is -0.208. The highest BCUT2D eigenvalue weighted by Gasteiger charge is 2.77. The fraction of sp³-hybridized carbons (Fsp3) is 0.767. The lowest BCUT2D eigenvalue weighted by atomic mass is 9.45. The van der Waals surface area contributed by atoms with Gasteiger partial charge in [-0.1, -0.05) is 31.6 Å². The number of esters is 1. The number of allylic oxidation sites excluding steroid dienone is 4. The molecule has 0 bridgehead atoms. The smallest absolute Gasteiger partial charge is 0.303 e. The lowest BCUT2D eigenvalue weighted by Gasteiger charge is -2.64. The summed E-state index contributed by atoms with van der Waals surface area (Å²) in [4.78, 5) is 38.3. The van der Waals surface area contributed by atoms with Gasteiger partial charge in [0.25, 0.3) is 0 Å². The largest absolute Gasteiger partial charge is 0.458 e. The number of ether oxygens (including phenoxy) is 1.